The summed E-state index contributed by atoms with van der Waals surface area (Å²) >= 11 is 6.78. The Morgan fingerprint density at radius 3 is 2.22 bits per heavy atom. The number of halogens is 3. The van der Waals surface area contributed by atoms with Crippen molar-refractivity contribution < 1.29 is 4.39 Å². The minimum atomic E-state index is -0.135. The van der Waals surface area contributed by atoms with Gasteiger partial charge in [-0.1, -0.05) is 40.2 Å². The van der Waals surface area contributed by atoms with Crippen molar-refractivity contribution in [3.05, 3.63) is 68.4 Å². The molecule has 0 radical (unpaired) electrons. The normalized spacial score (nSPS) is 16.7. The molecule has 2 aromatic carbocycles. The van der Waals surface area contributed by atoms with E-state index in [1.54, 1.807) is 6.07 Å². The van der Waals surface area contributed by atoms with Crippen LogP contribution in [0, 0.1) is 5.82 Å². The molecule has 0 aliphatic carbocycles. The second-order valence-corrected chi connectivity index (χ2v) is 7.67. The molecule has 1 aliphatic heterocycles. The van der Waals surface area contributed by atoms with E-state index >= 15 is 0 Å². The molecule has 5 heteroatoms. The maximum absolute atomic E-state index is 14.1. The molecule has 1 heterocycles. The third-order valence-electron chi connectivity index (χ3n) is 4.19. The monoisotopic (exact) mass is 440 g/mol. The van der Waals surface area contributed by atoms with Crippen LogP contribution in [-0.4, -0.2) is 36.0 Å². The van der Waals surface area contributed by atoms with Crippen LogP contribution in [0.25, 0.3) is 0 Å². The van der Waals surface area contributed by atoms with Gasteiger partial charge in [-0.2, -0.15) is 0 Å². The number of hydrogen-bond acceptors (Lipinski definition) is 2. The first-order valence-electron chi connectivity index (χ1n) is 7.74. The molecule has 23 heavy (non-hydrogen) atoms. The predicted octanol–water partition coefficient (Wildman–Crippen LogP) is 4.67. The Bertz CT molecular complexity index is 670. The van der Waals surface area contributed by atoms with Crippen LogP contribution in [0.15, 0.2) is 51.4 Å². The van der Waals surface area contributed by atoms with E-state index in [2.05, 4.69) is 59.9 Å². The summed E-state index contributed by atoms with van der Waals surface area (Å²) in [6, 6.07) is 14.0. The number of hydrogen-bond donors (Lipinski definition) is 0. The highest BCUT2D eigenvalue weighted by atomic mass is 79.9. The van der Waals surface area contributed by atoms with Crippen LogP contribution < -0.4 is 0 Å². The first-order valence-corrected chi connectivity index (χ1v) is 9.32. The van der Waals surface area contributed by atoms with Gasteiger partial charge in [0.2, 0.25) is 0 Å². The van der Waals surface area contributed by atoms with Crippen molar-refractivity contribution in [2.45, 2.75) is 13.1 Å². The second-order valence-electron chi connectivity index (χ2n) is 5.90. The largest absolute Gasteiger partial charge is 0.297 e. The Labute approximate surface area is 153 Å². The minimum Gasteiger partial charge on any atom is -0.297 e. The van der Waals surface area contributed by atoms with Crippen LogP contribution in [0.1, 0.15) is 11.1 Å². The molecule has 0 amide bonds. The summed E-state index contributed by atoms with van der Waals surface area (Å²) in [5, 5.41) is 0. The molecule has 0 bridgehead atoms. The van der Waals surface area contributed by atoms with E-state index in [-0.39, 0.29) is 5.82 Å². The fraction of sp³-hybridized carbons (Fsp3) is 0.333. The SMILES string of the molecule is Fc1c(Br)cccc1CN1CCN(Cc2cccc(Br)c2)CC1. The highest BCUT2D eigenvalue weighted by molar-refractivity contribution is 9.10. The van der Waals surface area contributed by atoms with Gasteiger partial charge in [-0.25, -0.2) is 4.39 Å². The summed E-state index contributed by atoms with van der Waals surface area (Å²) in [5.41, 5.74) is 2.09. The lowest BCUT2D eigenvalue weighted by Crippen LogP contribution is -2.45. The Hall–Kier alpha value is -0.750. The summed E-state index contributed by atoms with van der Waals surface area (Å²) < 4.78 is 15.7. The van der Waals surface area contributed by atoms with E-state index in [1.165, 1.54) is 5.56 Å². The van der Waals surface area contributed by atoms with Gasteiger partial charge in [0.1, 0.15) is 5.82 Å². The van der Waals surface area contributed by atoms with Crippen LogP contribution in [0.2, 0.25) is 0 Å². The lowest BCUT2D eigenvalue weighted by atomic mass is 10.1. The summed E-state index contributed by atoms with van der Waals surface area (Å²) in [7, 11) is 0. The van der Waals surface area contributed by atoms with Crippen molar-refractivity contribution in [2.75, 3.05) is 26.2 Å². The first kappa shape index (κ1) is 17.1. The average Bonchev–Trinajstić information content (AvgIpc) is 2.54. The van der Waals surface area contributed by atoms with E-state index in [0.29, 0.717) is 11.0 Å². The molecule has 2 aromatic rings. The molecule has 2 nitrogen and oxygen atoms in total. The van der Waals surface area contributed by atoms with Gasteiger partial charge in [0.25, 0.3) is 0 Å². The molecule has 1 aliphatic rings. The van der Waals surface area contributed by atoms with Gasteiger partial charge >= 0.3 is 0 Å². The van der Waals surface area contributed by atoms with Crippen molar-refractivity contribution in [3.8, 4) is 0 Å². The van der Waals surface area contributed by atoms with E-state index in [1.807, 2.05) is 18.2 Å². The Morgan fingerprint density at radius 2 is 1.52 bits per heavy atom. The fourth-order valence-corrected chi connectivity index (χ4v) is 3.76. The molecular weight excluding hydrogens is 423 g/mol. The first-order chi connectivity index (χ1) is 11.1. The van der Waals surface area contributed by atoms with Gasteiger partial charge in [0, 0.05) is 49.3 Å². The van der Waals surface area contributed by atoms with Crippen molar-refractivity contribution in [2.24, 2.45) is 0 Å². The van der Waals surface area contributed by atoms with Crippen LogP contribution in [0.5, 0.6) is 0 Å². The fourth-order valence-electron chi connectivity index (χ4n) is 2.91. The van der Waals surface area contributed by atoms with Gasteiger partial charge in [0.15, 0.2) is 0 Å². The highest BCUT2D eigenvalue weighted by Crippen LogP contribution is 2.21. The average molecular weight is 442 g/mol. The summed E-state index contributed by atoms with van der Waals surface area (Å²) in [6.45, 7) is 5.62. The van der Waals surface area contributed by atoms with Gasteiger partial charge in [-0.05, 0) is 39.7 Å². The molecule has 1 fully saturated rings. The van der Waals surface area contributed by atoms with E-state index < -0.39 is 0 Å². The predicted molar refractivity (Wildman–Crippen MR) is 98.8 cm³/mol. The summed E-state index contributed by atoms with van der Waals surface area (Å²) in [5.74, 6) is -0.135. The Kier molecular flexibility index (Phi) is 5.85. The maximum Gasteiger partial charge on any atom is 0.141 e. The molecule has 0 aromatic heterocycles. The smallest absolute Gasteiger partial charge is 0.141 e. The summed E-state index contributed by atoms with van der Waals surface area (Å²) in [6.07, 6.45) is 0. The number of piperazine rings is 1. The zero-order chi connectivity index (χ0) is 16.2. The van der Waals surface area contributed by atoms with Crippen LogP contribution in [0.4, 0.5) is 4.39 Å². The lowest BCUT2D eigenvalue weighted by Gasteiger charge is -2.34. The maximum atomic E-state index is 14.1. The van der Waals surface area contributed by atoms with E-state index in [4.69, 9.17) is 0 Å². The van der Waals surface area contributed by atoms with Gasteiger partial charge in [0.05, 0.1) is 4.47 Å². The van der Waals surface area contributed by atoms with Crippen LogP contribution in [0.3, 0.4) is 0 Å². The molecule has 0 saturated carbocycles. The van der Waals surface area contributed by atoms with Crippen molar-refractivity contribution in [3.63, 3.8) is 0 Å². The standard InChI is InChI=1S/C18H19Br2FN2/c19-16-5-1-3-14(11-16)12-22-7-9-23(10-8-22)13-15-4-2-6-17(20)18(15)21/h1-6,11H,7-10,12-13H2. The van der Waals surface area contributed by atoms with Gasteiger partial charge in [-0.3, -0.25) is 9.80 Å². The Morgan fingerprint density at radius 1 is 0.870 bits per heavy atom. The molecule has 1 saturated heterocycles. The third-order valence-corrected chi connectivity index (χ3v) is 5.29. The number of benzene rings is 2. The molecule has 0 atom stereocenters. The van der Waals surface area contributed by atoms with Crippen LogP contribution in [-0.2, 0) is 13.1 Å². The van der Waals surface area contributed by atoms with Crippen molar-refractivity contribution in [1.29, 1.82) is 0 Å². The molecule has 3 rings (SSSR count). The molecule has 0 spiro atoms. The van der Waals surface area contributed by atoms with Crippen molar-refractivity contribution >= 4 is 31.9 Å². The summed E-state index contributed by atoms with van der Waals surface area (Å²) in [4.78, 5) is 4.78. The zero-order valence-electron chi connectivity index (χ0n) is 12.8. The topological polar surface area (TPSA) is 6.48 Å². The second kappa shape index (κ2) is 7.88. The minimum absolute atomic E-state index is 0.135. The highest BCUT2D eigenvalue weighted by Gasteiger charge is 2.18. The quantitative estimate of drug-likeness (QED) is 0.680. The molecule has 0 unspecified atom stereocenters. The number of rotatable bonds is 4. The van der Waals surface area contributed by atoms with E-state index in [0.717, 1.165) is 42.8 Å². The lowest BCUT2D eigenvalue weighted by molar-refractivity contribution is 0.121. The van der Waals surface area contributed by atoms with Crippen molar-refractivity contribution in [1.82, 2.24) is 9.80 Å². The molecule has 0 N–H and O–H groups in total. The number of nitrogens with zero attached hydrogens (tertiary/aromatic N) is 2. The third kappa shape index (κ3) is 4.63. The van der Waals surface area contributed by atoms with Gasteiger partial charge in [-0.15, -0.1) is 0 Å². The molecular formula is C18H19Br2FN2. The van der Waals surface area contributed by atoms with E-state index in [9.17, 15) is 4.39 Å². The Balaban J connectivity index is 1.53. The zero-order valence-corrected chi connectivity index (χ0v) is 16.0. The molecule has 122 valence electrons. The van der Waals surface area contributed by atoms with Crippen LogP contribution >= 0.6 is 31.9 Å². The van der Waals surface area contributed by atoms with Gasteiger partial charge < -0.3 is 0 Å².